The predicted octanol–water partition coefficient (Wildman–Crippen LogP) is 4.82. The fraction of sp³-hybridized carbons (Fsp3) is 0.0526. The normalized spacial score (nSPS) is 10.9. The van der Waals surface area contributed by atoms with Crippen LogP contribution in [0.5, 0.6) is 0 Å². The van der Waals surface area contributed by atoms with Gasteiger partial charge in [0.2, 0.25) is 11.0 Å². The lowest BCUT2D eigenvalue weighted by Crippen LogP contribution is -2.07. The summed E-state index contributed by atoms with van der Waals surface area (Å²) in [6, 6.07) is 16.2. The fourth-order valence-corrected chi connectivity index (χ4v) is 3.82. The highest BCUT2D eigenvalue weighted by atomic mass is 35.5. The number of nitrogens with one attached hydrogen (secondary N) is 1. The van der Waals surface area contributed by atoms with Crippen LogP contribution in [0.3, 0.4) is 0 Å². The summed E-state index contributed by atoms with van der Waals surface area (Å²) in [4.78, 5) is 24.1. The molecule has 0 unspecified atom stereocenters. The summed E-state index contributed by atoms with van der Waals surface area (Å²) >= 11 is 8.35. The smallest absolute Gasteiger partial charge is 0.250 e. The van der Waals surface area contributed by atoms with Crippen LogP contribution in [0, 0.1) is 0 Å². The van der Waals surface area contributed by atoms with Crippen LogP contribution >= 0.6 is 34.7 Å². The molecule has 3 rings (SSSR count). The molecular formula is C19H14ClN3O2S2. The largest absolute Gasteiger partial charge is 0.297 e. The van der Waals surface area contributed by atoms with Gasteiger partial charge in [-0.15, -0.1) is 10.2 Å². The van der Waals surface area contributed by atoms with Crippen molar-refractivity contribution < 1.29 is 9.59 Å². The molecule has 136 valence electrons. The Bertz CT molecular complexity index is 957. The van der Waals surface area contributed by atoms with E-state index in [1.54, 1.807) is 30.3 Å². The number of hydrogen-bond acceptors (Lipinski definition) is 6. The summed E-state index contributed by atoms with van der Waals surface area (Å²) in [7, 11) is 0. The number of Topliss-reactive ketones (excluding diaryl/α,β-unsaturated/α-hetero) is 1. The molecule has 0 aliphatic carbocycles. The Hall–Kier alpha value is -2.48. The number of thioether (sulfide) groups is 1. The van der Waals surface area contributed by atoms with Crippen molar-refractivity contribution in [3.63, 3.8) is 0 Å². The Morgan fingerprint density at radius 3 is 2.56 bits per heavy atom. The molecule has 0 aliphatic rings. The van der Waals surface area contributed by atoms with Crippen LogP contribution in [-0.2, 0) is 4.79 Å². The average molecular weight is 416 g/mol. The molecule has 0 spiro atoms. The van der Waals surface area contributed by atoms with E-state index in [1.165, 1.54) is 29.2 Å². The van der Waals surface area contributed by atoms with Crippen LogP contribution in [0.15, 0.2) is 65.0 Å². The van der Waals surface area contributed by atoms with Crippen molar-refractivity contribution in [2.45, 2.75) is 4.34 Å². The maximum atomic E-state index is 12.1. The van der Waals surface area contributed by atoms with Crippen molar-refractivity contribution >= 4 is 57.6 Å². The van der Waals surface area contributed by atoms with Gasteiger partial charge in [-0.3, -0.25) is 14.9 Å². The quantitative estimate of drug-likeness (QED) is 0.259. The molecule has 0 saturated carbocycles. The van der Waals surface area contributed by atoms with Gasteiger partial charge < -0.3 is 0 Å². The number of rotatable bonds is 7. The molecule has 0 aliphatic heterocycles. The fourth-order valence-electron chi connectivity index (χ4n) is 2.05. The minimum atomic E-state index is -0.307. The number of anilines is 1. The molecule has 5 nitrogen and oxygen atoms in total. The molecule has 0 bridgehead atoms. The van der Waals surface area contributed by atoms with Crippen LogP contribution in [0.1, 0.15) is 15.9 Å². The van der Waals surface area contributed by atoms with E-state index in [9.17, 15) is 9.59 Å². The number of carbonyl (C=O) groups is 2. The van der Waals surface area contributed by atoms with E-state index in [0.717, 1.165) is 5.56 Å². The molecule has 0 fully saturated rings. The molecule has 1 aromatic heterocycles. The Morgan fingerprint density at radius 1 is 1.07 bits per heavy atom. The van der Waals surface area contributed by atoms with Gasteiger partial charge in [0.25, 0.3) is 0 Å². The molecular weight excluding hydrogens is 402 g/mol. The third kappa shape index (κ3) is 6.02. The molecule has 8 heteroatoms. The summed E-state index contributed by atoms with van der Waals surface area (Å²) in [5.41, 5.74) is 1.53. The maximum Gasteiger partial charge on any atom is 0.250 e. The number of ketones is 1. The van der Waals surface area contributed by atoms with Crippen LogP contribution in [-0.4, -0.2) is 27.6 Å². The standard InChI is InChI=1S/C19H14ClN3O2S2/c20-15-9-6-13(7-10-15)8-11-17(25)21-18-22-23-19(27-18)26-12-16(24)14-4-2-1-3-5-14/h1-11H,12H2,(H,21,22,25). The second-order valence-corrected chi connectivity index (χ2v) is 7.96. The topological polar surface area (TPSA) is 72.0 Å². The van der Waals surface area contributed by atoms with Crippen molar-refractivity contribution in [1.29, 1.82) is 0 Å². The zero-order valence-corrected chi connectivity index (χ0v) is 16.4. The lowest BCUT2D eigenvalue weighted by Gasteiger charge is -1.98. The van der Waals surface area contributed by atoms with E-state index in [1.807, 2.05) is 30.3 Å². The first-order valence-electron chi connectivity index (χ1n) is 7.89. The Labute approximate surface area is 169 Å². The van der Waals surface area contributed by atoms with Gasteiger partial charge in [0, 0.05) is 16.7 Å². The third-order valence-corrected chi connectivity index (χ3v) is 5.58. The van der Waals surface area contributed by atoms with Crippen molar-refractivity contribution in [2.75, 3.05) is 11.1 Å². The van der Waals surface area contributed by atoms with Crippen molar-refractivity contribution in [2.24, 2.45) is 0 Å². The van der Waals surface area contributed by atoms with Gasteiger partial charge in [-0.2, -0.15) is 0 Å². The number of carbonyl (C=O) groups excluding carboxylic acids is 2. The minimum absolute atomic E-state index is 0.0206. The number of aromatic nitrogens is 2. The van der Waals surface area contributed by atoms with E-state index in [4.69, 9.17) is 11.6 Å². The van der Waals surface area contributed by atoms with E-state index in [-0.39, 0.29) is 17.4 Å². The zero-order valence-electron chi connectivity index (χ0n) is 14.0. The average Bonchev–Trinajstić information content (AvgIpc) is 3.13. The van der Waals surface area contributed by atoms with Crippen molar-refractivity contribution in [3.05, 3.63) is 76.8 Å². The molecule has 0 radical (unpaired) electrons. The number of amides is 1. The van der Waals surface area contributed by atoms with Crippen LogP contribution < -0.4 is 5.32 Å². The third-order valence-electron chi connectivity index (χ3n) is 3.36. The van der Waals surface area contributed by atoms with Gasteiger partial charge in [0.05, 0.1) is 5.75 Å². The number of hydrogen-bond donors (Lipinski definition) is 1. The predicted molar refractivity (Wildman–Crippen MR) is 111 cm³/mol. The van der Waals surface area contributed by atoms with Crippen molar-refractivity contribution in [1.82, 2.24) is 10.2 Å². The van der Waals surface area contributed by atoms with Gasteiger partial charge in [0.1, 0.15) is 0 Å². The zero-order chi connectivity index (χ0) is 19.1. The highest BCUT2D eigenvalue weighted by Crippen LogP contribution is 2.26. The molecule has 27 heavy (non-hydrogen) atoms. The lowest BCUT2D eigenvalue weighted by molar-refractivity contribution is -0.111. The van der Waals surface area contributed by atoms with Crippen molar-refractivity contribution in [3.8, 4) is 0 Å². The Balaban J connectivity index is 1.50. The first-order chi connectivity index (χ1) is 13.1. The lowest BCUT2D eigenvalue weighted by atomic mass is 10.2. The van der Waals surface area contributed by atoms with E-state index in [0.29, 0.717) is 20.1 Å². The molecule has 1 N–H and O–H groups in total. The first-order valence-corrected chi connectivity index (χ1v) is 10.1. The summed E-state index contributed by atoms with van der Waals surface area (Å²) < 4.78 is 0.622. The van der Waals surface area contributed by atoms with Gasteiger partial charge in [0.15, 0.2) is 10.1 Å². The summed E-state index contributed by atoms with van der Waals surface area (Å²) in [6.45, 7) is 0. The summed E-state index contributed by atoms with van der Waals surface area (Å²) in [5.74, 6) is -0.0198. The minimum Gasteiger partial charge on any atom is -0.297 e. The Kier molecular flexibility index (Phi) is 6.75. The summed E-state index contributed by atoms with van der Waals surface area (Å²) in [6.07, 6.45) is 3.09. The summed E-state index contributed by atoms with van der Waals surface area (Å²) in [5, 5.41) is 11.6. The Morgan fingerprint density at radius 2 is 1.81 bits per heavy atom. The molecule has 0 atom stereocenters. The van der Waals surface area contributed by atoms with Gasteiger partial charge >= 0.3 is 0 Å². The number of nitrogens with zero attached hydrogens (tertiary/aromatic N) is 2. The monoisotopic (exact) mass is 415 g/mol. The van der Waals surface area contributed by atoms with Crippen LogP contribution in [0.2, 0.25) is 5.02 Å². The van der Waals surface area contributed by atoms with Gasteiger partial charge in [-0.25, -0.2) is 0 Å². The molecule has 1 amide bonds. The van der Waals surface area contributed by atoms with E-state index < -0.39 is 0 Å². The van der Waals surface area contributed by atoms with E-state index >= 15 is 0 Å². The molecule has 0 saturated heterocycles. The second-order valence-electron chi connectivity index (χ2n) is 5.33. The van der Waals surface area contributed by atoms with E-state index in [2.05, 4.69) is 15.5 Å². The molecule has 1 heterocycles. The SMILES string of the molecule is O=C(C=Cc1ccc(Cl)cc1)Nc1nnc(SCC(=O)c2ccccc2)s1. The molecule has 3 aromatic rings. The first kappa shape index (κ1) is 19.3. The van der Waals surface area contributed by atoms with Gasteiger partial charge in [-0.1, -0.05) is 77.2 Å². The highest BCUT2D eigenvalue weighted by molar-refractivity contribution is 8.01. The van der Waals surface area contributed by atoms with Crippen LogP contribution in [0.25, 0.3) is 6.08 Å². The van der Waals surface area contributed by atoms with Crippen LogP contribution in [0.4, 0.5) is 5.13 Å². The molecule has 2 aromatic carbocycles. The number of halogens is 1. The second kappa shape index (κ2) is 9.45. The highest BCUT2D eigenvalue weighted by Gasteiger charge is 2.10. The van der Waals surface area contributed by atoms with Gasteiger partial charge in [-0.05, 0) is 23.8 Å². The maximum absolute atomic E-state index is 12.1. The number of benzene rings is 2.